The molecule has 2 rings (SSSR count). The van der Waals surface area contributed by atoms with Crippen LogP contribution in [0, 0.1) is 5.92 Å². The molecule has 1 radical (unpaired) electrons. The van der Waals surface area contributed by atoms with Gasteiger partial charge >= 0.3 is 0 Å². The second-order valence-corrected chi connectivity index (χ2v) is 6.72. The van der Waals surface area contributed by atoms with Crippen LogP contribution in [0.2, 0.25) is 11.6 Å². The van der Waals surface area contributed by atoms with Crippen LogP contribution in [0.3, 0.4) is 0 Å². The number of hydrogen-bond acceptors (Lipinski definition) is 1. The maximum Gasteiger partial charge on any atom is 0.0176 e. The molecule has 2 aliphatic heterocycles. The van der Waals surface area contributed by atoms with E-state index in [0.29, 0.717) is 12.8 Å². The highest BCUT2D eigenvalue weighted by Gasteiger charge is 2.32. The summed E-state index contributed by atoms with van der Waals surface area (Å²) in [6, 6.07) is 0. The Morgan fingerprint density at radius 3 is 1.81 bits per heavy atom. The minimum absolute atomic E-state index is 0.0514. The van der Waals surface area contributed by atoms with Crippen molar-refractivity contribution in [1.82, 2.24) is 0 Å². The normalized spacial score (nSPS) is 32.1. The summed E-state index contributed by atoms with van der Waals surface area (Å²) in [4.78, 5) is 0. The maximum atomic E-state index is 6.51. The van der Waals surface area contributed by atoms with Crippen LogP contribution < -0.4 is 0 Å². The fourth-order valence-electron chi connectivity index (χ4n) is 3.29. The van der Waals surface area contributed by atoms with Crippen LogP contribution in [0.4, 0.5) is 0 Å². The lowest BCUT2D eigenvalue weighted by Gasteiger charge is -2.56. The summed E-state index contributed by atoms with van der Waals surface area (Å²) >= 11 is 0. The minimum atomic E-state index is 0.0514. The van der Waals surface area contributed by atoms with E-state index in [4.69, 9.17) is 4.65 Å². The van der Waals surface area contributed by atoms with E-state index in [1.165, 1.54) is 38.5 Å². The average Bonchev–Trinajstić information content (AvgIpc) is 2.16. The van der Waals surface area contributed by atoms with Crippen LogP contribution >= 0.6 is 0 Å². The SMILES string of the molecule is CC(C)C(C)(C)O[B-]1C2CCCC1CCC2. The van der Waals surface area contributed by atoms with E-state index in [-0.39, 0.29) is 5.60 Å². The fraction of sp³-hybridized carbons (Fsp3) is 1.00. The van der Waals surface area contributed by atoms with Crippen molar-refractivity contribution in [3.63, 3.8) is 0 Å². The molecular weight excluding hydrogens is 195 g/mol. The summed E-state index contributed by atoms with van der Waals surface area (Å²) in [5, 5.41) is 0. The topological polar surface area (TPSA) is 9.23 Å². The van der Waals surface area contributed by atoms with Gasteiger partial charge in [0.05, 0.1) is 0 Å². The standard InChI is InChI=1S/C14H27BO/c1-11(2)14(3,4)16-15-12-7-5-8-13(15)10-6-9-12/h11-13H,5-10H2,1-4H3/q-1. The van der Waals surface area contributed by atoms with Gasteiger partial charge in [0, 0.05) is 12.5 Å². The maximum absolute atomic E-state index is 6.51. The van der Waals surface area contributed by atoms with Crippen LogP contribution in [0.1, 0.15) is 66.2 Å². The van der Waals surface area contributed by atoms with Gasteiger partial charge in [0.15, 0.2) is 0 Å². The molecule has 16 heavy (non-hydrogen) atoms. The van der Waals surface area contributed by atoms with Crippen molar-refractivity contribution in [2.45, 2.75) is 83.5 Å². The van der Waals surface area contributed by atoms with E-state index < -0.39 is 0 Å². The predicted octanol–water partition coefficient (Wildman–Crippen LogP) is 4.54. The molecule has 0 aromatic carbocycles. The number of hydrogen-bond donors (Lipinski definition) is 0. The Labute approximate surface area is 101 Å². The molecule has 2 saturated heterocycles. The van der Waals surface area contributed by atoms with Crippen molar-refractivity contribution >= 4 is 6.92 Å². The van der Waals surface area contributed by atoms with Gasteiger partial charge in [0.25, 0.3) is 0 Å². The Morgan fingerprint density at radius 2 is 1.44 bits per heavy atom. The monoisotopic (exact) mass is 222 g/mol. The van der Waals surface area contributed by atoms with E-state index in [0.717, 1.165) is 11.6 Å². The third-order valence-electron chi connectivity index (χ3n) is 5.06. The molecule has 0 saturated carbocycles. The molecule has 0 aromatic rings. The molecule has 0 aromatic heterocycles. The first-order chi connectivity index (χ1) is 7.50. The van der Waals surface area contributed by atoms with Gasteiger partial charge < -0.3 is 4.65 Å². The van der Waals surface area contributed by atoms with Crippen LogP contribution in [0.15, 0.2) is 0 Å². The highest BCUT2D eigenvalue weighted by molar-refractivity contribution is 6.56. The van der Waals surface area contributed by atoms with Crippen molar-refractivity contribution < 1.29 is 4.65 Å². The summed E-state index contributed by atoms with van der Waals surface area (Å²) in [5.74, 6) is 2.34. The molecule has 2 fully saturated rings. The molecule has 0 aliphatic carbocycles. The Balaban J connectivity index is 2.03. The molecule has 0 spiro atoms. The van der Waals surface area contributed by atoms with E-state index in [9.17, 15) is 0 Å². The van der Waals surface area contributed by atoms with Crippen molar-refractivity contribution in [3.05, 3.63) is 0 Å². The zero-order valence-electron chi connectivity index (χ0n) is 11.5. The van der Waals surface area contributed by atoms with E-state index in [1.807, 2.05) is 0 Å². The molecule has 1 nitrogen and oxygen atoms in total. The molecular formula is C14H27BO-. The zero-order valence-corrected chi connectivity index (χ0v) is 11.5. The number of rotatable bonds is 3. The molecule has 2 heteroatoms. The molecule has 0 unspecified atom stereocenters. The first kappa shape index (κ1) is 12.5. The quantitative estimate of drug-likeness (QED) is 0.637. The van der Waals surface area contributed by atoms with Crippen LogP contribution in [0.5, 0.6) is 0 Å². The van der Waals surface area contributed by atoms with Crippen LogP contribution in [0.25, 0.3) is 0 Å². The van der Waals surface area contributed by atoms with Gasteiger partial charge in [0.2, 0.25) is 0 Å². The molecule has 2 aliphatic rings. The molecule has 2 heterocycles. The first-order valence-electron chi connectivity index (χ1n) is 7.18. The van der Waals surface area contributed by atoms with Crippen molar-refractivity contribution in [2.24, 2.45) is 5.92 Å². The van der Waals surface area contributed by atoms with Crippen molar-refractivity contribution in [2.75, 3.05) is 0 Å². The van der Waals surface area contributed by atoms with E-state index >= 15 is 0 Å². The second kappa shape index (κ2) is 4.72. The first-order valence-corrected chi connectivity index (χ1v) is 7.18. The van der Waals surface area contributed by atoms with Crippen LogP contribution in [-0.4, -0.2) is 12.5 Å². The predicted molar refractivity (Wildman–Crippen MR) is 71.0 cm³/mol. The van der Waals surface area contributed by atoms with Gasteiger partial charge in [-0.25, -0.2) is 0 Å². The molecule has 2 bridgehead atoms. The van der Waals surface area contributed by atoms with Crippen molar-refractivity contribution in [3.8, 4) is 0 Å². The van der Waals surface area contributed by atoms with Gasteiger partial charge in [-0.2, -0.15) is 11.6 Å². The van der Waals surface area contributed by atoms with Gasteiger partial charge in [0.1, 0.15) is 0 Å². The van der Waals surface area contributed by atoms with Gasteiger partial charge in [-0.3, -0.25) is 0 Å². The highest BCUT2D eigenvalue weighted by Crippen LogP contribution is 2.48. The Hall–Kier alpha value is 0.0249. The summed E-state index contributed by atoms with van der Waals surface area (Å²) in [6.07, 6.45) is 8.53. The lowest BCUT2D eigenvalue weighted by atomic mass is 9.37. The lowest BCUT2D eigenvalue weighted by Crippen LogP contribution is -2.45. The largest absolute Gasteiger partial charge is 0.618 e. The molecule has 0 amide bonds. The molecule has 0 atom stereocenters. The molecule has 93 valence electrons. The average molecular weight is 222 g/mol. The van der Waals surface area contributed by atoms with Gasteiger partial charge in [-0.1, -0.05) is 52.4 Å². The Kier molecular flexibility index (Phi) is 3.68. The van der Waals surface area contributed by atoms with Crippen molar-refractivity contribution in [1.29, 1.82) is 0 Å². The zero-order chi connectivity index (χ0) is 11.8. The van der Waals surface area contributed by atoms with Crippen LogP contribution in [-0.2, 0) is 4.65 Å². The minimum Gasteiger partial charge on any atom is -0.618 e. The fourth-order valence-corrected chi connectivity index (χ4v) is 3.29. The number of fused-ring (bicyclic) bond motifs is 2. The summed E-state index contributed by atoms with van der Waals surface area (Å²) in [7, 11) is 0. The summed E-state index contributed by atoms with van der Waals surface area (Å²) in [5.41, 5.74) is 0.0514. The Bertz CT molecular complexity index is 215. The van der Waals surface area contributed by atoms with E-state index in [2.05, 4.69) is 27.7 Å². The summed E-state index contributed by atoms with van der Waals surface area (Å²) in [6.45, 7) is 9.65. The molecule has 0 N–H and O–H groups in total. The third-order valence-corrected chi connectivity index (χ3v) is 5.06. The van der Waals surface area contributed by atoms with Gasteiger partial charge in [-0.15, -0.1) is 0 Å². The second-order valence-electron chi connectivity index (χ2n) is 6.72. The Morgan fingerprint density at radius 1 is 1.00 bits per heavy atom. The smallest absolute Gasteiger partial charge is 0.0176 e. The van der Waals surface area contributed by atoms with E-state index in [1.54, 1.807) is 0 Å². The highest BCUT2D eigenvalue weighted by atomic mass is 16.5. The summed E-state index contributed by atoms with van der Waals surface area (Å²) < 4.78 is 6.51. The van der Waals surface area contributed by atoms with Gasteiger partial charge in [-0.05, 0) is 19.8 Å². The third kappa shape index (κ3) is 2.47. The lowest BCUT2D eigenvalue weighted by molar-refractivity contribution is 0.0462.